The molecule has 2 N–H and O–H groups in total. The van der Waals surface area contributed by atoms with E-state index in [1.54, 1.807) is 6.92 Å². The molecule has 1 aromatic carbocycles. The second-order valence-corrected chi connectivity index (χ2v) is 4.32. The fourth-order valence-electron chi connectivity index (χ4n) is 1.51. The third-order valence-electron chi connectivity index (χ3n) is 2.37. The molecular weight excluding hydrogens is 283 g/mol. The molecule has 0 spiro atoms. The maximum Gasteiger partial charge on any atom is 0.416 e. The first-order valence-corrected chi connectivity index (χ1v) is 5.90. The first-order valence-electron chi connectivity index (χ1n) is 5.53. The lowest BCUT2D eigenvalue weighted by Gasteiger charge is -2.14. The highest BCUT2D eigenvalue weighted by Gasteiger charge is 2.31. The summed E-state index contributed by atoms with van der Waals surface area (Å²) in [7, 11) is 0. The minimum absolute atomic E-state index is 0.0795. The summed E-state index contributed by atoms with van der Waals surface area (Å²) in [5, 5.41) is -0.0795. The van der Waals surface area contributed by atoms with Crippen molar-refractivity contribution in [3.63, 3.8) is 0 Å². The van der Waals surface area contributed by atoms with Gasteiger partial charge >= 0.3 is 12.1 Å². The molecule has 0 amide bonds. The molecule has 19 heavy (non-hydrogen) atoms. The number of carbonyl (C=O) groups is 1. The molecule has 0 saturated heterocycles. The number of esters is 1. The van der Waals surface area contributed by atoms with E-state index in [1.807, 2.05) is 0 Å². The first-order chi connectivity index (χ1) is 8.74. The standard InChI is InChI=1S/C12H13ClF3NO2/c1-2-19-11(18)6-10(17)7-3-8(12(14,15)16)5-9(13)4-7/h3-5,10H,2,6,17H2,1H3/t10-/m1/s1. The lowest BCUT2D eigenvalue weighted by atomic mass is 10.0. The molecule has 0 aliphatic carbocycles. The van der Waals surface area contributed by atoms with Crippen LogP contribution in [0.4, 0.5) is 13.2 Å². The molecule has 1 atom stereocenters. The van der Waals surface area contributed by atoms with E-state index in [4.69, 9.17) is 17.3 Å². The SMILES string of the molecule is CCOC(=O)C[C@@H](N)c1cc(Cl)cc(C(F)(F)F)c1. The number of halogens is 4. The molecular formula is C12H13ClF3NO2. The van der Waals surface area contributed by atoms with Crippen molar-refractivity contribution < 1.29 is 22.7 Å². The Morgan fingerprint density at radius 2 is 2.05 bits per heavy atom. The topological polar surface area (TPSA) is 52.3 Å². The van der Waals surface area contributed by atoms with Crippen molar-refractivity contribution in [2.45, 2.75) is 25.6 Å². The van der Waals surface area contributed by atoms with Gasteiger partial charge in [-0.15, -0.1) is 0 Å². The Hall–Kier alpha value is -1.27. The minimum atomic E-state index is -4.51. The van der Waals surface area contributed by atoms with Crippen molar-refractivity contribution in [2.75, 3.05) is 6.61 Å². The highest BCUT2D eigenvalue weighted by atomic mass is 35.5. The van der Waals surface area contributed by atoms with Crippen LogP contribution in [0.3, 0.4) is 0 Å². The number of hydrogen-bond acceptors (Lipinski definition) is 3. The summed E-state index contributed by atoms with van der Waals surface area (Å²) >= 11 is 5.63. The zero-order valence-electron chi connectivity index (χ0n) is 10.1. The summed E-state index contributed by atoms with van der Waals surface area (Å²) in [4.78, 5) is 11.2. The van der Waals surface area contributed by atoms with Gasteiger partial charge in [-0.1, -0.05) is 11.6 Å². The predicted octanol–water partition coefficient (Wildman–Crippen LogP) is 3.31. The van der Waals surface area contributed by atoms with Gasteiger partial charge in [0.2, 0.25) is 0 Å². The molecule has 1 aromatic rings. The molecule has 0 radical (unpaired) electrons. The van der Waals surface area contributed by atoms with Crippen molar-refractivity contribution in [3.8, 4) is 0 Å². The van der Waals surface area contributed by atoms with Crippen LogP contribution < -0.4 is 5.73 Å². The average molecular weight is 296 g/mol. The fourth-order valence-corrected chi connectivity index (χ4v) is 1.75. The molecule has 106 valence electrons. The van der Waals surface area contributed by atoms with E-state index in [2.05, 4.69) is 4.74 Å². The Morgan fingerprint density at radius 1 is 1.42 bits per heavy atom. The molecule has 0 aliphatic heterocycles. The summed E-state index contributed by atoms with van der Waals surface area (Å²) in [6.45, 7) is 1.82. The van der Waals surface area contributed by atoms with Crippen LogP contribution in [0.15, 0.2) is 18.2 Å². The van der Waals surface area contributed by atoms with Crippen molar-refractivity contribution in [3.05, 3.63) is 34.3 Å². The zero-order chi connectivity index (χ0) is 14.6. The van der Waals surface area contributed by atoms with Gasteiger partial charge in [-0.05, 0) is 30.7 Å². The largest absolute Gasteiger partial charge is 0.466 e. The van der Waals surface area contributed by atoms with Gasteiger partial charge < -0.3 is 10.5 Å². The lowest BCUT2D eigenvalue weighted by Crippen LogP contribution is -2.18. The van der Waals surface area contributed by atoms with Gasteiger partial charge in [0.25, 0.3) is 0 Å². The number of alkyl halides is 3. The Kier molecular flexibility index (Phi) is 5.20. The summed E-state index contributed by atoms with van der Waals surface area (Å²) in [6, 6.07) is 2.11. The summed E-state index contributed by atoms with van der Waals surface area (Å²) in [5.74, 6) is -0.566. The van der Waals surface area contributed by atoms with Gasteiger partial charge in [-0.2, -0.15) is 13.2 Å². The van der Waals surface area contributed by atoms with Crippen LogP contribution in [0.2, 0.25) is 5.02 Å². The number of nitrogens with two attached hydrogens (primary N) is 1. The maximum absolute atomic E-state index is 12.6. The van der Waals surface area contributed by atoms with E-state index in [-0.39, 0.29) is 23.6 Å². The van der Waals surface area contributed by atoms with Gasteiger partial charge in [0, 0.05) is 11.1 Å². The van der Waals surface area contributed by atoms with E-state index in [0.29, 0.717) is 0 Å². The number of benzene rings is 1. The summed E-state index contributed by atoms with van der Waals surface area (Å²) in [6.07, 6.45) is -4.71. The number of ether oxygens (including phenoxy) is 1. The Morgan fingerprint density at radius 3 is 2.58 bits per heavy atom. The van der Waals surface area contributed by atoms with Crippen LogP contribution in [-0.2, 0) is 15.7 Å². The van der Waals surface area contributed by atoms with Gasteiger partial charge in [0.05, 0.1) is 18.6 Å². The second kappa shape index (κ2) is 6.25. The van der Waals surface area contributed by atoms with Crippen LogP contribution in [-0.4, -0.2) is 12.6 Å². The minimum Gasteiger partial charge on any atom is -0.466 e. The third kappa shape index (κ3) is 4.72. The summed E-state index contributed by atoms with van der Waals surface area (Å²) in [5.41, 5.74) is 4.93. The molecule has 3 nitrogen and oxygen atoms in total. The van der Waals surface area contributed by atoms with Crippen LogP contribution in [0.25, 0.3) is 0 Å². The molecule has 0 aromatic heterocycles. The van der Waals surface area contributed by atoms with Crippen molar-refractivity contribution in [1.29, 1.82) is 0 Å². The van der Waals surface area contributed by atoms with Gasteiger partial charge in [-0.25, -0.2) is 0 Å². The number of carbonyl (C=O) groups excluding carboxylic acids is 1. The second-order valence-electron chi connectivity index (χ2n) is 3.89. The lowest BCUT2D eigenvalue weighted by molar-refractivity contribution is -0.143. The van der Waals surface area contributed by atoms with Crippen LogP contribution in [0.1, 0.15) is 30.5 Å². The summed E-state index contributed by atoms with van der Waals surface area (Å²) < 4.78 is 42.5. The fraction of sp³-hybridized carbons (Fsp3) is 0.417. The Labute approximate surface area is 113 Å². The van der Waals surface area contributed by atoms with Crippen molar-refractivity contribution in [2.24, 2.45) is 5.73 Å². The average Bonchev–Trinajstić information content (AvgIpc) is 2.27. The van der Waals surface area contributed by atoms with Gasteiger partial charge in [-0.3, -0.25) is 4.79 Å². The van der Waals surface area contributed by atoms with E-state index in [0.717, 1.165) is 12.1 Å². The zero-order valence-corrected chi connectivity index (χ0v) is 10.9. The van der Waals surface area contributed by atoms with Gasteiger partial charge in [0.15, 0.2) is 0 Å². The van der Waals surface area contributed by atoms with Crippen LogP contribution in [0, 0.1) is 0 Å². The van der Waals surface area contributed by atoms with Crippen LogP contribution >= 0.6 is 11.6 Å². The highest BCUT2D eigenvalue weighted by molar-refractivity contribution is 6.30. The number of rotatable bonds is 4. The van der Waals surface area contributed by atoms with Crippen LogP contribution in [0.5, 0.6) is 0 Å². The molecule has 0 heterocycles. The molecule has 7 heteroatoms. The quantitative estimate of drug-likeness (QED) is 0.867. The van der Waals surface area contributed by atoms with E-state index >= 15 is 0 Å². The van der Waals surface area contributed by atoms with Crippen molar-refractivity contribution in [1.82, 2.24) is 0 Å². The predicted molar refractivity (Wildman–Crippen MR) is 64.6 cm³/mol. The molecule has 0 saturated carbocycles. The molecule has 0 aliphatic rings. The molecule has 0 fully saturated rings. The maximum atomic E-state index is 12.6. The normalized spacial score (nSPS) is 13.2. The highest BCUT2D eigenvalue weighted by Crippen LogP contribution is 2.33. The molecule has 0 unspecified atom stereocenters. The third-order valence-corrected chi connectivity index (χ3v) is 2.59. The molecule has 1 rings (SSSR count). The first kappa shape index (κ1) is 15.8. The Balaban J connectivity index is 2.94. The van der Waals surface area contributed by atoms with Crippen molar-refractivity contribution >= 4 is 17.6 Å². The van der Waals surface area contributed by atoms with E-state index in [9.17, 15) is 18.0 Å². The van der Waals surface area contributed by atoms with Gasteiger partial charge in [0.1, 0.15) is 0 Å². The van der Waals surface area contributed by atoms with E-state index in [1.165, 1.54) is 6.07 Å². The van der Waals surface area contributed by atoms with E-state index < -0.39 is 23.8 Å². The Bertz CT molecular complexity index is 463. The number of hydrogen-bond donors (Lipinski definition) is 1. The molecule has 0 bridgehead atoms. The monoisotopic (exact) mass is 295 g/mol. The smallest absolute Gasteiger partial charge is 0.416 e.